The second kappa shape index (κ2) is 10.3. The Morgan fingerprint density at radius 1 is 1.29 bits per heavy atom. The van der Waals surface area contributed by atoms with Gasteiger partial charge in [-0.15, -0.1) is 24.0 Å². The van der Waals surface area contributed by atoms with Crippen molar-refractivity contribution in [1.29, 1.82) is 0 Å². The molecule has 1 aromatic rings. The smallest absolute Gasteiger partial charge is 0.191 e. The second-order valence-corrected chi connectivity index (χ2v) is 6.83. The van der Waals surface area contributed by atoms with E-state index < -0.39 is 0 Å². The Bertz CT molecular complexity index is 514. The molecule has 0 aromatic carbocycles. The molecule has 0 unspecified atom stereocenters. The third-order valence-corrected chi connectivity index (χ3v) is 5.02. The molecule has 2 N–H and O–H groups in total. The number of nitrogens with one attached hydrogen (secondary N) is 2. The first-order chi connectivity index (χ1) is 11.1. The summed E-state index contributed by atoms with van der Waals surface area (Å²) >= 11 is 0. The predicted octanol–water partition coefficient (Wildman–Crippen LogP) is 3.64. The van der Waals surface area contributed by atoms with Crippen molar-refractivity contribution in [3.8, 4) is 0 Å². The molecule has 1 fully saturated rings. The highest BCUT2D eigenvalue weighted by molar-refractivity contribution is 14.0. The zero-order chi connectivity index (χ0) is 16.7. The van der Waals surface area contributed by atoms with Crippen LogP contribution in [0.5, 0.6) is 0 Å². The Kier molecular flexibility index (Phi) is 9.08. The van der Waals surface area contributed by atoms with Crippen molar-refractivity contribution < 1.29 is 0 Å². The fourth-order valence-corrected chi connectivity index (χ4v) is 3.23. The highest BCUT2D eigenvalue weighted by atomic mass is 127. The van der Waals surface area contributed by atoms with E-state index in [0.717, 1.165) is 44.3 Å². The Labute approximate surface area is 164 Å². The van der Waals surface area contributed by atoms with Gasteiger partial charge in [-0.05, 0) is 57.9 Å². The first-order valence-electron chi connectivity index (χ1n) is 9.12. The third kappa shape index (κ3) is 5.93. The molecule has 1 aliphatic carbocycles. The number of aryl methyl sites for hydroxylation is 3. The third-order valence-electron chi connectivity index (χ3n) is 5.02. The second-order valence-electron chi connectivity index (χ2n) is 6.83. The van der Waals surface area contributed by atoms with Crippen molar-refractivity contribution >= 4 is 29.9 Å². The lowest BCUT2D eigenvalue weighted by atomic mass is 9.67. The van der Waals surface area contributed by atoms with Crippen LogP contribution in [0.25, 0.3) is 0 Å². The van der Waals surface area contributed by atoms with Gasteiger partial charge in [0.2, 0.25) is 0 Å². The normalized spacial score (nSPS) is 16.2. The SMILES string of the molecule is CCNC(=NCC1(CC)CCC1)NCCCn1nc(C)cc1C.I. The first-order valence-corrected chi connectivity index (χ1v) is 9.12. The predicted molar refractivity (Wildman–Crippen MR) is 112 cm³/mol. The number of nitrogens with zero attached hydrogens (tertiary/aromatic N) is 3. The largest absolute Gasteiger partial charge is 0.357 e. The van der Waals surface area contributed by atoms with Gasteiger partial charge in [0.05, 0.1) is 5.69 Å². The van der Waals surface area contributed by atoms with E-state index in [2.05, 4.69) is 47.3 Å². The average Bonchev–Trinajstić information content (AvgIpc) is 2.80. The number of rotatable bonds is 8. The Morgan fingerprint density at radius 3 is 2.54 bits per heavy atom. The highest BCUT2D eigenvalue weighted by Gasteiger charge is 2.34. The molecule has 5 nitrogen and oxygen atoms in total. The van der Waals surface area contributed by atoms with Crippen molar-refractivity contribution in [3.05, 3.63) is 17.5 Å². The van der Waals surface area contributed by atoms with E-state index in [0.29, 0.717) is 5.41 Å². The molecular formula is C18H34IN5. The molecule has 0 bridgehead atoms. The maximum Gasteiger partial charge on any atom is 0.191 e. The van der Waals surface area contributed by atoms with E-state index in [1.165, 1.54) is 31.4 Å². The van der Waals surface area contributed by atoms with Gasteiger partial charge >= 0.3 is 0 Å². The topological polar surface area (TPSA) is 54.2 Å². The van der Waals surface area contributed by atoms with E-state index in [-0.39, 0.29) is 24.0 Å². The van der Waals surface area contributed by atoms with Crippen molar-refractivity contribution in [2.24, 2.45) is 10.4 Å². The number of guanidine groups is 1. The first kappa shape index (κ1) is 21.3. The van der Waals surface area contributed by atoms with Crippen LogP contribution in [0.2, 0.25) is 0 Å². The lowest BCUT2D eigenvalue weighted by Crippen LogP contribution is -2.40. The number of hydrogen-bond acceptors (Lipinski definition) is 2. The number of aromatic nitrogens is 2. The Morgan fingerprint density at radius 2 is 2.04 bits per heavy atom. The molecule has 0 spiro atoms. The van der Waals surface area contributed by atoms with Crippen LogP contribution in [0.1, 0.15) is 57.3 Å². The molecule has 0 aliphatic heterocycles. The standard InChI is InChI=1S/C18H33N5.HI/c1-5-18(9-7-10-18)14-21-17(19-6-2)20-11-8-12-23-16(4)13-15(3)22-23;/h13H,5-12,14H2,1-4H3,(H2,19,20,21);1H. The quantitative estimate of drug-likeness (QED) is 0.277. The molecule has 1 aromatic heterocycles. The molecule has 0 radical (unpaired) electrons. The summed E-state index contributed by atoms with van der Waals surface area (Å²) in [5.41, 5.74) is 2.81. The molecule has 0 saturated heterocycles. The molecule has 1 heterocycles. The molecule has 0 amide bonds. The summed E-state index contributed by atoms with van der Waals surface area (Å²) in [4.78, 5) is 4.82. The summed E-state index contributed by atoms with van der Waals surface area (Å²) in [6.07, 6.45) is 6.34. The zero-order valence-corrected chi connectivity index (χ0v) is 18.0. The van der Waals surface area contributed by atoms with Crippen molar-refractivity contribution in [2.75, 3.05) is 19.6 Å². The minimum absolute atomic E-state index is 0. The molecule has 6 heteroatoms. The molecule has 24 heavy (non-hydrogen) atoms. The fourth-order valence-electron chi connectivity index (χ4n) is 3.23. The summed E-state index contributed by atoms with van der Waals surface area (Å²) in [6.45, 7) is 12.3. The van der Waals surface area contributed by atoms with Gasteiger partial charge in [-0.25, -0.2) is 0 Å². The molecular weight excluding hydrogens is 413 g/mol. The van der Waals surface area contributed by atoms with Crippen LogP contribution in [0, 0.1) is 19.3 Å². The van der Waals surface area contributed by atoms with Gasteiger partial charge in [-0.1, -0.05) is 13.3 Å². The Balaban J connectivity index is 0.00000288. The maximum atomic E-state index is 4.82. The highest BCUT2D eigenvalue weighted by Crippen LogP contribution is 2.43. The summed E-state index contributed by atoms with van der Waals surface area (Å²) in [6, 6.07) is 2.13. The molecule has 138 valence electrons. The summed E-state index contributed by atoms with van der Waals surface area (Å²) < 4.78 is 2.08. The average molecular weight is 447 g/mol. The van der Waals surface area contributed by atoms with Crippen molar-refractivity contribution in [1.82, 2.24) is 20.4 Å². The minimum Gasteiger partial charge on any atom is -0.357 e. The molecule has 1 saturated carbocycles. The van der Waals surface area contributed by atoms with Crippen LogP contribution in [0.15, 0.2) is 11.1 Å². The fraction of sp³-hybridized carbons (Fsp3) is 0.778. The lowest BCUT2D eigenvalue weighted by Gasteiger charge is -2.40. The van der Waals surface area contributed by atoms with E-state index in [1.54, 1.807) is 0 Å². The number of hydrogen-bond donors (Lipinski definition) is 2. The van der Waals surface area contributed by atoms with Crippen LogP contribution >= 0.6 is 24.0 Å². The van der Waals surface area contributed by atoms with Crippen LogP contribution in [-0.4, -0.2) is 35.4 Å². The molecule has 2 rings (SSSR count). The van der Waals surface area contributed by atoms with E-state index in [9.17, 15) is 0 Å². The van der Waals surface area contributed by atoms with Gasteiger partial charge < -0.3 is 10.6 Å². The molecule has 1 aliphatic rings. The minimum atomic E-state index is 0. The van der Waals surface area contributed by atoms with Gasteiger partial charge in [-0.2, -0.15) is 5.10 Å². The van der Waals surface area contributed by atoms with Crippen LogP contribution in [0.3, 0.4) is 0 Å². The number of aliphatic imine (C=N–C) groups is 1. The van der Waals surface area contributed by atoms with Gasteiger partial charge in [0.15, 0.2) is 5.96 Å². The van der Waals surface area contributed by atoms with E-state index in [4.69, 9.17) is 4.99 Å². The maximum absolute atomic E-state index is 4.82. The summed E-state index contributed by atoms with van der Waals surface area (Å²) in [7, 11) is 0. The van der Waals surface area contributed by atoms with Gasteiger partial charge in [-0.3, -0.25) is 9.67 Å². The summed E-state index contributed by atoms with van der Waals surface area (Å²) in [5.74, 6) is 0.959. The van der Waals surface area contributed by atoms with Gasteiger partial charge in [0.1, 0.15) is 0 Å². The van der Waals surface area contributed by atoms with Crippen LogP contribution in [0.4, 0.5) is 0 Å². The van der Waals surface area contributed by atoms with E-state index >= 15 is 0 Å². The number of halogens is 1. The van der Waals surface area contributed by atoms with Gasteiger partial charge in [0.25, 0.3) is 0 Å². The van der Waals surface area contributed by atoms with E-state index in [1.807, 2.05) is 6.92 Å². The van der Waals surface area contributed by atoms with Gasteiger partial charge in [0, 0.05) is 31.9 Å². The van der Waals surface area contributed by atoms with Crippen LogP contribution in [-0.2, 0) is 6.54 Å². The molecule has 0 atom stereocenters. The van der Waals surface area contributed by atoms with Crippen LogP contribution < -0.4 is 10.6 Å². The summed E-state index contributed by atoms with van der Waals surface area (Å²) in [5, 5.41) is 11.3. The monoisotopic (exact) mass is 447 g/mol. The van der Waals surface area contributed by atoms with Crippen molar-refractivity contribution in [3.63, 3.8) is 0 Å². The van der Waals surface area contributed by atoms with Crippen molar-refractivity contribution in [2.45, 2.75) is 66.3 Å². The lowest BCUT2D eigenvalue weighted by molar-refractivity contribution is 0.139. The Hall–Kier alpha value is -0.790. The zero-order valence-electron chi connectivity index (χ0n) is 15.7.